The van der Waals surface area contributed by atoms with E-state index in [9.17, 15) is 9.18 Å². The van der Waals surface area contributed by atoms with Crippen molar-refractivity contribution in [2.75, 3.05) is 31.2 Å². The van der Waals surface area contributed by atoms with Crippen LogP contribution in [-0.4, -0.2) is 32.2 Å². The minimum atomic E-state index is -0.883. The van der Waals surface area contributed by atoms with E-state index in [-0.39, 0.29) is 17.8 Å². The molecule has 2 aromatic carbocycles. The van der Waals surface area contributed by atoms with Crippen LogP contribution in [0.25, 0.3) is 0 Å². The lowest BCUT2D eigenvalue weighted by Crippen LogP contribution is -2.49. The lowest BCUT2D eigenvalue weighted by molar-refractivity contribution is -0.131. The van der Waals surface area contributed by atoms with Crippen LogP contribution >= 0.6 is 0 Å². The third-order valence-electron chi connectivity index (χ3n) is 6.63. The quantitative estimate of drug-likeness (QED) is 0.774. The lowest BCUT2D eigenvalue weighted by Gasteiger charge is -2.37. The van der Waals surface area contributed by atoms with Crippen LogP contribution in [0.1, 0.15) is 56.2 Å². The molecule has 1 unspecified atom stereocenters. The molecule has 1 amide bonds. The average Bonchev–Trinajstić information content (AvgIpc) is 2.80. The van der Waals surface area contributed by atoms with Crippen molar-refractivity contribution in [1.29, 1.82) is 0 Å². The van der Waals surface area contributed by atoms with Crippen molar-refractivity contribution in [2.24, 2.45) is 0 Å². The Labute approximate surface area is 178 Å². The van der Waals surface area contributed by atoms with E-state index >= 15 is 0 Å². The zero-order valence-corrected chi connectivity index (χ0v) is 17.7. The van der Waals surface area contributed by atoms with Crippen LogP contribution in [0.15, 0.2) is 48.5 Å². The molecule has 2 aromatic rings. The van der Waals surface area contributed by atoms with Crippen molar-refractivity contribution in [3.05, 3.63) is 65.5 Å². The van der Waals surface area contributed by atoms with E-state index in [1.54, 1.807) is 18.2 Å². The van der Waals surface area contributed by atoms with Crippen molar-refractivity contribution < 1.29 is 13.9 Å². The van der Waals surface area contributed by atoms with Gasteiger partial charge in [-0.1, -0.05) is 30.3 Å². The molecular formula is C25H31FN2O2. The zero-order valence-electron chi connectivity index (χ0n) is 17.7. The third kappa shape index (κ3) is 4.22. The maximum Gasteiger partial charge on any atom is 0.231 e. The fraction of sp³-hybridized carbons (Fsp3) is 0.480. The number of benzene rings is 2. The lowest BCUT2D eigenvalue weighted by atomic mass is 9.73. The first-order valence-corrected chi connectivity index (χ1v) is 11.1. The summed E-state index contributed by atoms with van der Waals surface area (Å²) in [5.74, 6) is -0.448. The number of hydrogen-bond donors (Lipinski definition) is 1. The Kier molecular flexibility index (Phi) is 6.38. The first kappa shape index (κ1) is 20.9. The Balaban J connectivity index is 1.50. The zero-order chi connectivity index (χ0) is 21.0. The van der Waals surface area contributed by atoms with E-state index in [1.807, 2.05) is 6.92 Å². The number of hydrogen-bond acceptors (Lipinski definition) is 3. The Hall–Kier alpha value is -2.40. The summed E-state index contributed by atoms with van der Waals surface area (Å²) < 4.78 is 20.1. The molecule has 30 heavy (non-hydrogen) atoms. The van der Waals surface area contributed by atoms with Gasteiger partial charge in [0.15, 0.2) is 0 Å². The summed E-state index contributed by atoms with van der Waals surface area (Å²) in [6.07, 6.45) is 4.78. The maximum atomic E-state index is 14.6. The third-order valence-corrected chi connectivity index (χ3v) is 6.63. The highest BCUT2D eigenvalue weighted by atomic mass is 19.1. The number of piperidine rings is 1. The van der Waals surface area contributed by atoms with Crippen LogP contribution in [0, 0.1) is 5.82 Å². The molecule has 4 nitrogen and oxygen atoms in total. The van der Waals surface area contributed by atoms with Gasteiger partial charge in [0, 0.05) is 37.6 Å². The van der Waals surface area contributed by atoms with Crippen LogP contribution in [0.3, 0.4) is 0 Å². The normalized spacial score (nSPS) is 19.9. The molecule has 2 aliphatic heterocycles. The number of amides is 1. The highest BCUT2D eigenvalue weighted by Crippen LogP contribution is 2.37. The SMILES string of the molecule is CC(NC(=O)C1(c2ccccc2F)CCOCC1)c1ccc(N2CCCCC2)cc1. The fourth-order valence-electron chi connectivity index (χ4n) is 4.73. The monoisotopic (exact) mass is 410 g/mol. The molecule has 0 saturated carbocycles. The van der Waals surface area contributed by atoms with Gasteiger partial charge in [-0.2, -0.15) is 0 Å². The van der Waals surface area contributed by atoms with Crippen LogP contribution in [0.4, 0.5) is 10.1 Å². The summed E-state index contributed by atoms with van der Waals surface area (Å²) >= 11 is 0. The molecule has 0 aromatic heterocycles. The second-order valence-corrected chi connectivity index (χ2v) is 8.51. The second-order valence-electron chi connectivity index (χ2n) is 8.51. The Morgan fingerprint density at radius 3 is 2.37 bits per heavy atom. The minimum absolute atomic E-state index is 0.122. The number of anilines is 1. The van der Waals surface area contributed by atoms with Gasteiger partial charge in [-0.05, 0) is 62.8 Å². The van der Waals surface area contributed by atoms with Crippen molar-refractivity contribution in [3.8, 4) is 0 Å². The molecule has 1 atom stereocenters. The molecule has 0 bridgehead atoms. The van der Waals surface area contributed by atoms with Gasteiger partial charge in [-0.25, -0.2) is 4.39 Å². The van der Waals surface area contributed by atoms with Crippen molar-refractivity contribution >= 4 is 11.6 Å². The van der Waals surface area contributed by atoms with Gasteiger partial charge in [0.1, 0.15) is 5.82 Å². The van der Waals surface area contributed by atoms with E-state index < -0.39 is 5.41 Å². The second kappa shape index (κ2) is 9.17. The molecule has 2 heterocycles. The topological polar surface area (TPSA) is 41.6 Å². The first-order valence-electron chi connectivity index (χ1n) is 11.1. The number of nitrogens with zero attached hydrogens (tertiary/aromatic N) is 1. The Morgan fingerprint density at radius 2 is 1.70 bits per heavy atom. The number of halogens is 1. The van der Waals surface area contributed by atoms with Gasteiger partial charge in [-0.15, -0.1) is 0 Å². The Bertz CT molecular complexity index is 856. The average molecular weight is 411 g/mol. The number of ether oxygens (including phenoxy) is 1. The summed E-state index contributed by atoms with van der Waals surface area (Å²) in [6, 6.07) is 14.9. The van der Waals surface area contributed by atoms with E-state index in [1.165, 1.54) is 31.0 Å². The standard InChI is InChI=1S/C25H31FN2O2/c1-19(20-9-11-21(12-10-20)28-15-5-2-6-16-28)27-24(29)25(13-17-30-18-14-25)22-7-3-4-8-23(22)26/h3-4,7-12,19H,2,5-6,13-18H2,1H3,(H,27,29). The summed E-state index contributed by atoms with van der Waals surface area (Å²) in [7, 11) is 0. The van der Waals surface area contributed by atoms with Crippen LogP contribution in [0.5, 0.6) is 0 Å². The molecule has 2 fully saturated rings. The van der Waals surface area contributed by atoms with Crippen LogP contribution in [-0.2, 0) is 14.9 Å². The van der Waals surface area contributed by atoms with Crippen molar-refractivity contribution in [1.82, 2.24) is 5.32 Å². The molecule has 2 saturated heterocycles. The molecule has 4 rings (SSSR count). The van der Waals surface area contributed by atoms with Gasteiger partial charge in [0.05, 0.1) is 11.5 Å². The maximum absolute atomic E-state index is 14.6. The summed E-state index contributed by atoms with van der Waals surface area (Å²) in [6.45, 7) is 5.13. The van der Waals surface area contributed by atoms with Gasteiger partial charge in [0.25, 0.3) is 0 Å². The highest BCUT2D eigenvalue weighted by Gasteiger charge is 2.43. The minimum Gasteiger partial charge on any atom is -0.381 e. The van der Waals surface area contributed by atoms with Gasteiger partial charge < -0.3 is 15.0 Å². The molecule has 160 valence electrons. The van der Waals surface area contributed by atoms with E-state index in [4.69, 9.17) is 4.74 Å². The predicted octanol–water partition coefficient (Wildman–Crippen LogP) is 4.74. The Morgan fingerprint density at radius 1 is 1.03 bits per heavy atom. The van der Waals surface area contributed by atoms with E-state index in [0.717, 1.165) is 18.7 Å². The van der Waals surface area contributed by atoms with Gasteiger partial charge in [0.2, 0.25) is 5.91 Å². The fourth-order valence-corrected chi connectivity index (χ4v) is 4.73. The number of nitrogens with one attached hydrogen (secondary N) is 1. The smallest absolute Gasteiger partial charge is 0.231 e. The molecule has 5 heteroatoms. The predicted molar refractivity (Wildman–Crippen MR) is 117 cm³/mol. The van der Waals surface area contributed by atoms with Crippen LogP contribution in [0.2, 0.25) is 0 Å². The molecule has 0 spiro atoms. The van der Waals surface area contributed by atoms with Crippen molar-refractivity contribution in [3.63, 3.8) is 0 Å². The number of carbonyl (C=O) groups is 1. The van der Waals surface area contributed by atoms with Crippen LogP contribution < -0.4 is 10.2 Å². The van der Waals surface area contributed by atoms with Crippen molar-refractivity contribution in [2.45, 2.75) is 50.5 Å². The highest BCUT2D eigenvalue weighted by molar-refractivity contribution is 5.88. The van der Waals surface area contributed by atoms with E-state index in [2.05, 4.69) is 34.5 Å². The molecule has 1 N–H and O–H groups in total. The molecule has 0 radical (unpaired) electrons. The summed E-state index contributed by atoms with van der Waals surface area (Å²) in [5.41, 5.74) is 1.88. The largest absolute Gasteiger partial charge is 0.381 e. The number of rotatable bonds is 5. The summed E-state index contributed by atoms with van der Waals surface area (Å²) in [4.78, 5) is 15.9. The molecule has 2 aliphatic rings. The molecule has 0 aliphatic carbocycles. The van der Waals surface area contributed by atoms with Gasteiger partial charge >= 0.3 is 0 Å². The first-order chi connectivity index (χ1) is 14.6. The summed E-state index contributed by atoms with van der Waals surface area (Å²) in [5, 5.41) is 3.16. The van der Waals surface area contributed by atoms with E-state index in [0.29, 0.717) is 31.6 Å². The molecular weight excluding hydrogens is 379 g/mol. The van der Waals surface area contributed by atoms with Gasteiger partial charge in [-0.3, -0.25) is 4.79 Å². The number of carbonyl (C=O) groups excluding carboxylic acids is 1.